The molecule has 0 saturated heterocycles. The van der Waals surface area contributed by atoms with Gasteiger partial charge in [0, 0.05) is 12.7 Å². The summed E-state index contributed by atoms with van der Waals surface area (Å²) < 4.78 is 11.4. The van der Waals surface area contributed by atoms with E-state index < -0.39 is 0 Å². The van der Waals surface area contributed by atoms with Gasteiger partial charge in [0.2, 0.25) is 0 Å². The Hall–Kier alpha value is -1.39. The lowest BCUT2D eigenvalue weighted by atomic mass is 9.95. The molecule has 1 aliphatic carbocycles. The van der Waals surface area contributed by atoms with Crippen LogP contribution in [-0.4, -0.2) is 25.2 Å². The van der Waals surface area contributed by atoms with Crippen molar-refractivity contribution in [2.45, 2.75) is 51.4 Å². The van der Waals surface area contributed by atoms with Gasteiger partial charge in [0.25, 0.3) is 0 Å². The summed E-state index contributed by atoms with van der Waals surface area (Å²) >= 11 is 0. The maximum atomic E-state index is 7.44. The number of nitrogens with one attached hydrogen (secondary N) is 1. The van der Waals surface area contributed by atoms with Crippen LogP contribution < -0.4 is 5.73 Å². The van der Waals surface area contributed by atoms with Crippen LogP contribution in [0.3, 0.4) is 0 Å². The summed E-state index contributed by atoms with van der Waals surface area (Å²) in [5.74, 6) is 0.107. The molecule has 4 nitrogen and oxygen atoms in total. The van der Waals surface area contributed by atoms with Crippen molar-refractivity contribution in [3.8, 4) is 0 Å². The summed E-state index contributed by atoms with van der Waals surface area (Å²) in [6.45, 7) is 2.65. The number of hydrogen-bond donors (Lipinski definition) is 2. The topological polar surface area (TPSA) is 68.3 Å². The Bertz CT molecular complexity index is 474. The SMILES string of the molecule is COC1CCCC(OCc2ccc(C(=N)N)cc2C)C1. The van der Waals surface area contributed by atoms with E-state index >= 15 is 0 Å². The van der Waals surface area contributed by atoms with E-state index in [2.05, 4.69) is 0 Å². The molecule has 0 radical (unpaired) electrons. The third-order valence-electron chi connectivity index (χ3n) is 4.04. The molecule has 0 spiro atoms. The van der Waals surface area contributed by atoms with Crippen LogP contribution in [0.5, 0.6) is 0 Å². The van der Waals surface area contributed by atoms with Crippen molar-refractivity contribution in [3.63, 3.8) is 0 Å². The molecular weight excluding hydrogens is 252 g/mol. The molecule has 2 unspecified atom stereocenters. The van der Waals surface area contributed by atoms with Crippen LogP contribution in [0.1, 0.15) is 42.4 Å². The van der Waals surface area contributed by atoms with E-state index in [1.807, 2.05) is 25.1 Å². The van der Waals surface area contributed by atoms with Crippen LogP contribution >= 0.6 is 0 Å². The number of aryl methyl sites for hydroxylation is 1. The van der Waals surface area contributed by atoms with E-state index in [0.29, 0.717) is 18.8 Å². The molecule has 0 aromatic heterocycles. The Kier molecular flexibility index (Phi) is 5.15. The van der Waals surface area contributed by atoms with Gasteiger partial charge in [-0.05, 0) is 49.8 Å². The molecule has 4 heteroatoms. The Balaban J connectivity index is 1.92. The Morgan fingerprint density at radius 3 is 2.75 bits per heavy atom. The number of hydrogen-bond acceptors (Lipinski definition) is 3. The van der Waals surface area contributed by atoms with E-state index in [0.717, 1.165) is 36.0 Å². The van der Waals surface area contributed by atoms with Crippen molar-refractivity contribution in [2.75, 3.05) is 7.11 Å². The second kappa shape index (κ2) is 6.86. The zero-order valence-corrected chi connectivity index (χ0v) is 12.3. The normalized spacial score (nSPS) is 22.7. The van der Waals surface area contributed by atoms with Crippen molar-refractivity contribution in [3.05, 3.63) is 34.9 Å². The Morgan fingerprint density at radius 2 is 2.10 bits per heavy atom. The van der Waals surface area contributed by atoms with E-state index in [-0.39, 0.29) is 5.84 Å². The lowest BCUT2D eigenvalue weighted by molar-refractivity contribution is -0.0364. The maximum absolute atomic E-state index is 7.44. The number of nitrogen functional groups attached to an aromatic ring is 1. The van der Waals surface area contributed by atoms with Crippen molar-refractivity contribution >= 4 is 5.84 Å². The zero-order chi connectivity index (χ0) is 14.5. The van der Waals surface area contributed by atoms with Crippen LogP contribution in [0.2, 0.25) is 0 Å². The quantitative estimate of drug-likeness (QED) is 0.642. The highest BCUT2D eigenvalue weighted by Crippen LogP contribution is 2.24. The van der Waals surface area contributed by atoms with Crippen molar-refractivity contribution < 1.29 is 9.47 Å². The highest BCUT2D eigenvalue weighted by Gasteiger charge is 2.22. The van der Waals surface area contributed by atoms with Gasteiger partial charge in [0.05, 0.1) is 18.8 Å². The summed E-state index contributed by atoms with van der Waals surface area (Å²) in [6, 6.07) is 5.83. The molecule has 1 fully saturated rings. The second-order valence-corrected chi connectivity index (χ2v) is 5.51. The minimum Gasteiger partial charge on any atom is -0.384 e. The summed E-state index contributed by atoms with van der Waals surface area (Å²) in [5.41, 5.74) is 8.54. The fourth-order valence-corrected chi connectivity index (χ4v) is 2.70. The number of methoxy groups -OCH3 is 1. The van der Waals surface area contributed by atoms with Crippen LogP contribution in [0.25, 0.3) is 0 Å². The molecule has 20 heavy (non-hydrogen) atoms. The fraction of sp³-hybridized carbons (Fsp3) is 0.562. The van der Waals surface area contributed by atoms with Crippen molar-refractivity contribution in [1.29, 1.82) is 5.41 Å². The molecule has 0 aliphatic heterocycles. The van der Waals surface area contributed by atoms with Gasteiger partial charge in [-0.15, -0.1) is 0 Å². The Labute approximate surface area is 120 Å². The van der Waals surface area contributed by atoms with Gasteiger partial charge in [-0.1, -0.05) is 12.1 Å². The summed E-state index contributed by atoms with van der Waals surface area (Å²) in [4.78, 5) is 0. The number of benzene rings is 1. The number of rotatable bonds is 5. The number of nitrogens with two attached hydrogens (primary N) is 1. The molecule has 0 amide bonds. The van der Waals surface area contributed by atoms with Gasteiger partial charge in [0.1, 0.15) is 5.84 Å². The average Bonchev–Trinajstić information content (AvgIpc) is 2.46. The first kappa shape index (κ1) is 15.0. The molecule has 0 heterocycles. The highest BCUT2D eigenvalue weighted by molar-refractivity contribution is 5.95. The summed E-state index contributed by atoms with van der Waals surface area (Å²) in [5, 5.41) is 7.44. The lowest BCUT2D eigenvalue weighted by Gasteiger charge is -2.28. The maximum Gasteiger partial charge on any atom is 0.122 e. The molecule has 1 aliphatic rings. The molecule has 2 atom stereocenters. The van der Waals surface area contributed by atoms with E-state index in [1.165, 1.54) is 6.42 Å². The van der Waals surface area contributed by atoms with Crippen LogP contribution in [0.15, 0.2) is 18.2 Å². The molecule has 2 rings (SSSR count). The van der Waals surface area contributed by atoms with E-state index in [9.17, 15) is 0 Å². The third kappa shape index (κ3) is 3.81. The first-order valence-electron chi connectivity index (χ1n) is 7.18. The average molecular weight is 276 g/mol. The zero-order valence-electron chi connectivity index (χ0n) is 12.3. The van der Waals surface area contributed by atoms with E-state index in [1.54, 1.807) is 7.11 Å². The van der Waals surface area contributed by atoms with E-state index in [4.69, 9.17) is 20.6 Å². The van der Waals surface area contributed by atoms with Crippen LogP contribution in [0, 0.1) is 12.3 Å². The molecule has 0 bridgehead atoms. The third-order valence-corrected chi connectivity index (χ3v) is 4.04. The van der Waals surface area contributed by atoms with Gasteiger partial charge in [-0.25, -0.2) is 0 Å². The van der Waals surface area contributed by atoms with Crippen molar-refractivity contribution in [1.82, 2.24) is 0 Å². The second-order valence-electron chi connectivity index (χ2n) is 5.51. The smallest absolute Gasteiger partial charge is 0.122 e. The molecule has 1 aromatic carbocycles. The minimum atomic E-state index is 0.107. The largest absolute Gasteiger partial charge is 0.384 e. The number of ether oxygens (including phenoxy) is 2. The predicted octanol–water partition coefficient (Wildman–Crippen LogP) is 2.75. The van der Waals surface area contributed by atoms with Gasteiger partial charge in [-0.2, -0.15) is 0 Å². The standard InChI is InChI=1S/C16H24N2O2/c1-11-8-12(16(17)18)6-7-13(11)10-20-15-5-3-4-14(9-15)19-2/h6-8,14-15H,3-5,9-10H2,1-2H3,(H3,17,18). The predicted molar refractivity (Wildman–Crippen MR) is 80.0 cm³/mol. The highest BCUT2D eigenvalue weighted by atomic mass is 16.5. The van der Waals surface area contributed by atoms with Crippen LogP contribution in [-0.2, 0) is 16.1 Å². The first-order valence-corrected chi connectivity index (χ1v) is 7.18. The van der Waals surface area contributed by atoms with Gasteiger partial charge < -0.3 is 15.2 Å². The minimum absolute atomic E-state index is 0.107. The lowest BCUT2D eigenvalue weighted by Crippen LogP contribution is -2.27. The molecular formula is C16H24N2O2. The monoisotopic (exact) mass is 276 g/mol. The molecule has 3 N–H and O–H groups in total. The molecule has 1 aromatic rings. The van der Waals surface area contributed by atoms with Gasteiger partial charge >= 0.3 is 0 Å². The fourth-order valence-electron chi connectivity index (χ4n) is 2.70. The summed E-state index contributed by atoms with van der Waals surface area (Å²) in [7, 11) is 1.78. The molecule has 110 valence electrons. The number of amidine groups is 1. The summed E-state index contributed by atoms with van der Waals surface area (Å²) in [6.07, 6.45) is 5.05. The molecule has 1 saturated carbocycles. The van der Waals surface area contributed by atoms with Gasteiger partial charge in [0.15, 0.2) is 0 Å². The van der Waals surface area contributed by atoms with Crippen LogP contribution in [0.4, 0.5) is 0 Å². The van der Waals surface area contributed by atoms with Gasteiger partial charge in [-0.3, -0.25) is 5.41 Å². The van der Waals surface area contributed by atoms with Crippen molar-refractivity contribution in [2.24, 2.45) is 5.73 Å². The first-order chi connectivity index (χ1) is 9.60. The Morgan fingerprint density at radius 1 is 1.35 bits per heavy atom.